The van der Waals surface area contributed by atoms with Gasteiger partial charge in [-0.25, -0.2) is 9.37 Å². The number of aromatic amines is 1. The third kappa shape index (κ3) is 4.11. The topological polar surface area (TPSA) is 53.2 Å². The van der Waals surface area contributed by atoms with Gasteiger partial charge in [0.2, 0.25) is 0 Å². The molecule has 1 aliphatic carbocycles. The van der Waals surface area contributed by atoms with Gasteiger partial charge in [0.15, 0.2) is 11.6 Å². The van der Waals surface area contributed by atoms with E-state index >= 15 is 0 Å². The molecule has 2 aromatic carbocycles. The van der Waals surface area contributed by atoms with Gasteiger partial charge in [-0.15, -0.1) is 0 Å². The minimum Gasteiger partial charge on any atom is -0.494 e. The Morgan fingerprint density at radius 1 is 1.06 bits per heavy atom. The number of likely N-dealkylation sites (tertiary alicyclic amines) is 1. The van der Waals surface area contributed by atoms with E-state index in [-0.39, 0.29) is 11.6 Å². The summed E-state index contributed by atoms with van der Waals surface area (Å²) in [6, 6.07) is 11.1. The van der Waals surface area contributed by atoms with Gasteiger partial charge in [-0.3, -0.25) is 4.90 Å². The zero-order valence-electron chi connectivity index (χ0n) is 20.2. The maximum absolute atomic E-state index is 14.3. The average Bonchev–Trinajstić information content (AvgIpc) is 3.62. The van der Waals surface area contributed by atoms with E-state index in [1.807, 2.05) is 6.07 Å². The molecule has 0 amide bonds. The van der Waals surface area contributed by atoms with Crippen LogP contribution in [0.1, 0.15) is 55.6 Å². The SMILES string of the molecule is COc1ccc(-c2nc3c(C)cc(C4CCN(C5CCNCC5)[C@@H](C5CC5)C4)cc3[nH]2)cc1F. The number of aromatic nitrogens is 2. The van der Waals surface area contributed by atoms with Crippen molar-refractivity contribution in [1.82, 2.24) is 20.2 Å². The molecule has 6 heteroatoms. The second-order valence-electron chi connectivity index (χ2n) is 10.5. The molecule has 3 aromatic rings. The van der Waals surface area contributed by atoms with E-state index in [1.165, 1.54) is 69.4 Å². The second-order valence-corrected chi connectivity index (χ2v) is 10.5. The number of fused-ring (bicyclic) bond motifs is 1. The van der Waals surface area contributed by atoms with Crippen molar-refractivity contribution in [2.24, 2.45) is 5.92 Å². The molecule has 180 valence electrons. The van der Waals surface area contributed by atoms with Gasteiger partial charge in [-0.05, 0) is 112 Å². The molecule has 6 rings (SSSR count). The van der Waals surface area contributed by atoms with Gasteiger partial charge < -0.3 is 15.0 Å². The summed E-state index contributed by atoms with van der Waals surface area (Å²) in [5, 5.41) is 3.53. The Labute approximate surface area is 201 Å². The maximum Gasteiger partial charge on any atom is 0.165 e. The van der Waals surface area contributed by atoms with Crippen LogP contribution in [0.25, 0.3) is 22.4 Å². The molecule has 0 bridgehead atoms. The van der Waals surface area contributed by atoms with Gasteiger partial charge >= 0.3 is 0 Å². The molecule has 2 atom stereocenters. The number of rotatable bonds is 5. The standard InChI is InChI=1S/C28H35FN4O/c1-17-13-21(15-24-27(17)32-28(31-24)20-5-6-26(34-2)23(29)14-20)19-9-12-33(22-7-10-30-11-8-22)25(16-19)18-3-4-18/h5-6,13-15,18-19,22,25,30H,3-4,7-12,16H2,1-2H3,(H,31,32)/t19?,25-/m1/s1. The lowest BCUT2D eigenvalue weighted by molar-refractivity contribution is 0.0557. The number of halogens is 1. The van der Waals surface area contributed by atoms with E-state index in [1.54, 1.807) is 6.07 Å². The Morgan fingerprint density at radius 3 is 2.62 bits per heavy atom. The first kappa shape index (κ1) is 22.1. The van der Waals surface area contributed by atoms with E-state index in [0.29, 0.717) is 11.7 Å². The van der Waals surface area contributed by atoms with Crippen molar-refractivity contribution >= 4 is 11.0 Å². The van der Waals surface area contributed by atoms with Crippen LogP contribution < -0.4 is 10.1 Å². The first-order valence-electron chi connectivity index (χ1n) is 12.9. The Bertz CT molecular complexity index is 1180. The molecule has 34 heavy (non-hydrogen) atoms. The third-order valence-corrected chi connectivity index (χ3v) is 8.33. The fourth-order valence-electron chi connectivity index (χ4n) is 6.36. The summed E-state index contributed by atoms with van der Waals surface area (Å²) in [7, 11) is 1.48. The lowest BCUT2D eigenvalue weighted by atomic mass is 9.81. The van der Waals surface area contributed by atoms with Crippen molar-refractivity contribution in [2.45, 2.75) is 63.5 Å². The average molecular weight is 463 g/mol. The van der Waals surface area contributed by atoms with E-state index in [0.717, 1.165) is 47.7 Å². The molecule has 1 saturated carbocycles. The first-order chi connectivity index (χ1) is 16.6. The van der Waals surface area contributed by atoms with E-state index in [4.69, 9.17) is 9.72 Å². The molecule has 3 aliphatic rings. The monoisotopic (exact) mass is 462 g/mol. The molecule has 2 N–H and O–H groups in total. The molecule has 3 heterocycles. The minimum atomic E-state index is -0.371. The Hall–Kier alpha value is -2.44. The van der Waals surface area contributed by atoms with E-state index in [9.17, 15) is 4.39 Å². The highest BCUT2D eigenvalue weighted by molar-refractivity contribution is 5.83. The van der Waals surface area contributed by atoms with Crippen molar-refractivity contribution in [3.05, 3.63) is 47.3 Å². The van der Waals surface area contributed by atoms with Crippen LogP contribution in [-0.2, 0) is 0 Å². The Kier molecular flexibility index (Phi) is 5.82. The molecule has 2 saturated heterocycles. The fourth-order valence-corrected chi connectivity index (χ4v) is 6.36. The van der Waals surface area contributed by atoms with Crippen molar-refractivity contribution < 1.29 is 9.13 Å². The van der Waals surface area contributed by atoms with Crippen LogP contribution in [-0.4, -0.2) is 53.7 Å². The highest BCUT2D eigenvalue weighted by Crippen LogP contribution is 2.45. The summed E-state index contributed by atoms with van der Waals surface area (Å²) in [6.07, 6.45) is 7.88. The summed E-state index contributed by atoms with van der Waals surface area (Å²) in [5.41, 5.74) is 5.37. The number of hydrogen-bond acceptors (Lipinski definition) is 4. The summed E-state index contributed by atoms with van der Waals surface area (Å²) in [4.78, 5) is 11.2. The molecule has 0 radical (unpaired) electrons. The predicted molar refractivity (Wildman–Crippen MR) is 134 cm³/mol. The summed E-state index contributed by atoms with van der Waals surface area (Å²) >= 11 is 0. The number of methoxy groups -OCH3 is 1. The van der Waals surface area contributed by atoms with E-state index < -0.39 is 0 Å². The van der Waals surface area contributed by atoms with Gasteiger partial charge in [-0.2, -0.15) is 0 Å². The number of ether oxygens (including phenoxy) is 1. The molecular weight excluding hydrogens is 427 g/mol. The quantitative estimate of drug-likeness (QED) is 0.533. The molecule has 2 aliphatic heterocycles. The fraction of sp³-hybridized carbons (Fsp3) is 0.536. The molecular formula is C28H35FN4O. The van der Waals surface area contributed by atoms with Crippen molar-refractivity contribution in [2.75, 3.05) is 26.7 Å². The number of nitrogens with one attached hydrogen (secondary N) is 2. The van der Waals surface area contributed by atoms with Gasteiger partial charge in [0.1, 0.15) is 5.82 Å². The molecule has 1 unspecified atom stereocenters. The molecule has 0 spiro atoms. The second kappa shape index (κ2) is 8.97. The number of aryl methyl sites for hydroxylation is 1. The zero-order chi connectivity index (χ0) is 23.2. The van der Waals surface area contributed by atoms with Gasteiger partial charge in [0.05, 0.1) is 18.1 Å². The number of imidazole rings is 1. The summed E-state index contributed by atoms with van der Waals surface area (Å²) in [5.74, 6) is 2.07. The van der Waals surface area contributed by atoms with Gasteiger partial charge in [0.25, 0.3) is 0 Å². The highest BCUT2D eigenvalue weighted by atomic mass is 19.1. The Morgan fingerprint density at radius 2 is 1.88 bits per heavy atom. The van der Waals surface area contributed by atoms with Crippen molar-refractivity contribution in [3.63, 3.8) is 0 Å². The summed E-state index contributed by atoms with van der Waals surface area (Å²) in [6.45, 7) is 5.69. The predicted octanol–water partition coefficient (Wildman–Crippen LogP) is 5.40. The Balaban J connectivity index is 1.27. The molecule has 3 fully saturated rings. The van der Waals surface area contributed by atoms with Crippen molar-refractivity contribution in [3.8, 4) is 17.1 Å². The van der Waals surface area contributed by atoms with Crippen LogP contribution in [0.5, 0.6) is 5.75 Å². The summed E-state index contributed by atoms with van der Waals surface area (Å²) < 4.78 is 19.3. The normalized spacial score (nSPS) is 24.6. The number of nitrogens with zero attached hydrogens (tertiary/aromatic N) is 2. The van der Waals surface area contributed by atoms with Crippen LogP contribution in [0.3, 0.4) is 0 Å². The first-order valence-corrected chi connectivity index (χ1v) is 12.9. The molecule has 1 aromatic heterocycles. The maximum atomic E-state index is 14.3. The number of benzene rings is 2. The lowest BCUT2D eigenvalue weighted by Gasteiger charge is -2.46. The number of H-pyrrole nitrogens is 1. The van der Waals surface area contributed by atoms with Crippen LogP contribution in [0.2, 0.25) is 0 Å². The van der Waals surface area contributed by atoms with Crippen LogP contribution >= 0.6 is 0 Å². The highest BCUT2D eigenvalue weighted by Gasteiger charge is 2.42. The lowest BCUT2D eigenvalue weighted by Crippen LogP contribution is -2.52. The van der Waals surface area contributed by atoms with Crippen LogP contribution in [0, 0.1) is 18.7 Å². The van der Waals surface area contributed by atoms with Crippen LogP contribution in [0.4, 0.5) is 4.39 Å². The number of piperidine rings is 2. The smallest absolute Gasteiger partial charge is 0.165 e. The third-order valence-electron chi connectivity index (χ3n) is 8.33. The van der Waals surface area contributed by atoms with E-state index in [2.05, 4.69) is 34.3 Å². The van der Waals surface area contributed by atoms with Crippen LogP contribution in [0.15, 0.2) is 30.3 Å². The molecule has 5 nitrogen and oxygen atoms in total. The van der Waals surface area contributed by atoms with Crippen molar-refractivity contribution in [1.29, 1.82) is 0 Å². The minimum absolute atomic E-state index is 0.249. The van der Waals surface area contributed by atoms with Gasteiger partial charge in [0, 0.05) is 17.6 Å². The van der Waals surface area contributed by atoms with Gasteiger partial charge in [-0.1, -0.05) is 6.07 Å². The number of hydrogen-bond donors (Lipinski definition) is 2. The zero-order valence-corrected chi connectivity index (χ0v) is 20.2. The largest absolute Gasteiger partial charge is 0.494 e.